The van der Waals surface area contributed by atoms with Crippen molar-refractivity contribution in [2.24, 2.45) is 0 Å². The highest BCUT2D eigenvalue weighted by molar-refractivity contribution is 9.10. The summed E-state index contributed by atoms with van der Waals surface area (Å²) in [5, 5.41) is 13.0. The van der Waals surface area contributed by atoms with Gasteiger partial charge in [0.05, 0.1) is 11.6 Å². The molecule has 102 valence electrons. The van der Waals surface area contributed by atoms with E-state index in [1.54, 1.807) is 0 Å². The summed E-state index contributed by atoms with van der Waals surface area (Å²) in [6, 6.07) is 15.7. The first-order valence-electron chi connectivity index (χ1n) is 6.27. The van der Waals surface area contributed by atoms with Crippen molar-refractivity contribution in [3.05, 3.63) is 68.7 Å². The van der Waals surface area contributed by atoms with Crippen molar-refractivity contribution in [3.63, 3.8) is 0 Å². The van der Waals surface area contributed by atoms with E-state index in [0.29, 0.717) is 12.1 Å². The molecule has 0 aromatic heterocycles. The molecule has 0 amide bonds. The molecule has 20 heavy (non-hydrogen) atoms. The third-order valence-electron chi connectivity index (χ3n) is 3.15. The van der Waals surface area contributed by atoms with Gasteiger partial charge in [-0.05, 0) is 48.4 Å². The van der Waals surface area contributed by atoms with Gasteiger partial charge in [0.15, 0.2) is 0 Å². The lowest BCUT2D eigenvalue weighted by atomic mass is 10.1. The zero-order chi connectivity index (χ0) is 14.5. The topological polar surface area (TPSA) is 35.8 Å². The van der Waals surface area contributed by atoms with Gasteiger partial charge in [-0.15, -0.1) is 0 Å². The van der Waals surface area contributed by atoms with E-state index in [0.717, 1.165) is 20.6 Å². The second-order valence-electron chi connectivity index (χ2n) is 4.57. The number of hydrogen-bond donors (Lipinski definition) is 1. The van der Waals surface area contributed by atoms with Gasteiger partial charge in [0.25, 0.3) is 0 Å². The molecule has 4 heteroatoms. The molecule has 1 N–H and O–H groups in total. The largest absolute Gasteiger partial charge is 0.306 e. The highest BCUT2D eigenvalue weighted by Gasteiger charge is 2.07. The van der Waals surface area contributed by atoms with Crippen LogP contribution in [0.25, 0.3) is 0 Å². The lowest BCUT2D eigenvalue weighted by Gasteiger charge is -2.15. The van der Waals surface area contributed by atoms with Crippen LogP contribution in [-0.4, -0.2) is 0 Å². The molecule has 0 aliphatic rings. The lowest BCUT2D eigenvalue weighted by Crippen LogP contribution is -2.18. The van der Waals surface area contributed by atoms with Gasteiger partial charge in [0.1, 0.15) is 0 Å². The summed E-state index contributed by atoms with van der Waals surface area (Å²) in [5.74, 6) is 0. The third-order valence-corrected chi connectivity index (χ3v) is 4.01. The van der Waals surface area contributed by atoms with Gasteiger partial charge in [-0.3, -0.25) is 0 Å². The Labute approximate surface area is 132 Å². The van der Waals surface area contributed by atoms with Crippen LogP contribution in [0, 0.1) is 11.3 Å². The van der Waals surface area contributed by atoms with Crippen LogP contribution in [0.15, 0.2) is 46.9 Å². The molecular formula is C16H14BrClN2. The molecule has 2 rings (SSSR count). The molecular weight excluding hydrogens is 336 g/mol. The molecule has 2 aromatic rings. The Balaban J connectivity index is 2.02. The van der Waals surface area contributed by atoms with E-state index in [-0.39, 0.29) is 6.04 Å². The first-order valence-corrected chi connectivity index (χ1v) is 7.44. The summed E-state index contributed by atoms with van der Waals surface area (Å²) >= 11 is 9.62. The minimum Gasteiger partial charge on any atom is -0.306 e. The van der Waals surface area contributed by atoms with Gasteiger partial charge in [-0.1, -0.05) is 39.7 Å². The van der Waals surface area contributed by atoms with Crippen LogP contribution >= 0.6 is 27.5 Å². The van der Waals surface area contributed by atoms with E-state index in [2.05, 4.69) is 34.2 Å². The predicted octanol–water partition coefficient (Wildman–Crippen LogP) is 4.82. The number of halogens is 2. The van der Waals surface area contributed by atoms with Crippen molar-refractivity contribution in [3.8, 4) is 6.07 Å². The zero-order valence-corrected chi connectivity index (χ0v) is 13.4. The lowest BCUT2D eigenvalue weighted by molar-refractivity contribution is 0.574. The maximum Gasteiger partial charge on any atom is 0.0991 e. The van der Waals surface area contributed by atoms with Crippen LogP contribution in [0.1, 0.15) is 29.7 Å². The van der Waals surface area contributed by atoms with Crippen LogP contribution < -0.4 is 5.32 Å². The maximum absolute atomic E-state index is 8.79. The van der Waals surface area contributed by atoms with Gasteiger partial charge < -0.3 is 5.32 Å². The third kappa shape index (κ3) is 3.83. The van der Waals surface area contributed by atoms with Gasteiger partial charge in [-0.2, -0.15) is 5.26 Å². The van der Waals surface area contributed by atoms with Crippen LogP contribution in [0.3, 0.4) is 0 Å². The van der Waals surface area contributed by atoms with E-state index in [1.165, 1.54) is 0 Å². The van der Waals surface area contributed by atoms with Crippen molar-refractivity contribution in [2.75, 3.05) is 0 Å². The summed E-state index contributed by atoms with van der Waals surface area (Å²) < 4.78 is 1.02. The zero-order valence-electron chi connectivity index (χ0n) is 11.0. The summed E-state index contributed by atoms with van der Waals surface area (Å²) in [6.07, 6.45) is 0. The molecule has 0 spiro atoms. The fraction of sp³-hybridized carbons (Fsp3) is 0.188. The summed E-state index contributed by atoms with van der Waals surface area (Å²) in [4.78, 5) is 0. The second-order valence-corrected chi connectivity index (χ2v) is 5.90. The molecule has 0 fully saturated rings. The molecule has 0 saturated heterocycles. The van der Waals surface area contributed by atoms with Crippen LogP contribution in [0.4, 0.5) is 0 Å². The Bertz CT molecular complexity index is 632. The molecule has 0 heterocycles. The Morgan fingerprint density at radius 3 is 2.60 bits per heavy atom. The molecule has 2 nitrogen and oxygen atoms in total. The highest BCUT2D eigenvalue weighted by Crippen LogP contribution is 2.22. The van der Waals surface area contributed by atoms with Gasteiger partial charge >= 0.3 is 0 Å². The Morgan fingerprint density at radius 1 is 1.25 bits per heavy atom. The first kappa shape index (κ1) is 15.1. The fourth-order valence-electron chi connectivity index (χ4n) is 1.91. The van der Waals surface area contributed by atoms with Crippen molar-refractivity contribution in [2.45, 2.75) is 19.5 Å². The van der Waals surface area contributed by atoms with Crippen LogP contribution in [0.5, 0.6) is 0 Å². The smallest absolute Gasteiger partial charge is 0.0991 e. The van der Waals surface area contributed by atoms with Crippen molar-refractivity contribution in [1.29, 1.82) is 5.26 Å². The van der Waals surface area contributed by atoms with E-state index >= 15 is 0 Å². The Kier molecular flexibility index (Phi) is 5.19. The van der Waals surface area contributed by atoms with Crippen molar-refractivity contribution < 1.29 is 0 Å². The maximum atomic E-state index is 8.79. The number of benzene rings is 2. The summed E-state index contributed by atoms with van der Waals surface area (Å²) in [6.45, 7) is 2.78. The summed E-state index contributed by atoms with van der Waals surface area (Å²) in [5.41, 5.74) is 2.88. The minimum atomic E-state index is 0.192. The highest BCUT2D eigenvalue weighted by atomic mass is 79.9. The van der Waals surface area contributed by atoms with Crippen molar-refractivity contribution >= 4 is 27.5 Å². The molecule has 0 aliphatic heterocycles. The minimum absolute atomic E-state index is 0.192. The molecule has 0 radical (unpaired) electrons. The fourth-order valence-corrected chi connectivity index (χ4v) is 2.50. The molecule has 1 unspecified atom stereocenters. The van der Waals surface area contributed by atoms with E-state index in [4.69, 9.17) is 16.9 Å². The molecule has 0 aliphatic carbocycles. The number of nitrogens with zero attached hydrogens (tertiary/aromatic N) is 1. The Hall–Kier alpha value is -1.34. The normalized spacial score (nSPS) is 11.9. The molecule has 0 bridgehead atoms. The van der Waals surface area contributed by atoms with E-state index in [1.807, 2.05) is 42.5 Å². The average Bonchev–Trinajstić information content (AvgIpc) is 2.48. The second kappa shape index (κ2) is 6.90. The monoisotopic (exact) mass is 348 g/mol. The first-order chi connectivity index (χ1) is 9.60. The Morgan fingerprint density at radius 2 is 1.95 bits per heavy atom. The number of rotatable bonds is 4. The predicted molar refractivity (Wildman–Crippen MR) is 85.6 cm³/mol. The standard InChI is InChI=1S/C16H14BrClN2/c1-11(13-4-2-12(9-19)3-5-13)20-10-14-8-15(17)6-7-16(14)18/h2-8,11,20H,10H2,1H3. The summed E-state index contributed by atoms with van der Waals surface area (Å²) in [7, 11) is 0. The number of nitrogens with one attached hydrogen (secondary N) is 1. The van der Waals surface area contributed by atoms with E-state index in [9.17, 15) is 0 Å². The van der Waals surface area contributed by atoms with Gasteiger partial charge in [0, 0.05) is 22.1 Å². The quantitative estimate of drug-likeness (QED) is 0.858. The molecule has 2 aromatic carbocycles. The number of nitriles is 1. The van der Waals surface area contributed by atoms with Gasteiger partial charge in [-0.25, -0.2) is 0 Å². The molecule has 0 saturated carbocycles. The molecule has 1 atom stereocenters. The van der Waals surface area contributed by atoms with Crippen LogP contribution in [-0.2, 0) is 6.54 Å². The number of hydrogen-bond acceptors (Lipinski definition) is 2. The van der Waals surface area contributed by atoms with E-state index < -0.39 is 0 Å². The van der Waals surface area contributed by atoms with Crippen molar-refractivity contribution in [1.82, 2.24) is 5.32 Å². The van der Waals surface area contributed by atoms with Crippen LogP contribution in [0.2, 0.25) is 5.02 Å². The average molecular weight is 350 g/mol. The SMILES string of the molecule is CC(NCc1cc(Br)ccc1Cl)c1ccc(C#N)cc1. The van der Waals surface area contributed by atoms with Gasteiger partial charge in [0.2, 0.25) is 0 Å².